The van der Waals surface area contributed by atoms with Gasteiger partial charge in [0, 0.05) is 12.6 Å². The number of hydrogen-bond acceptors (Lipinski definition) is 3. The zero-order valence-electron chi connectivity index (χ0n) is 9.44. The molecule has 1 aliphatic rings. The first-order valence-electron chi connectivity index (χ1n) is 5.60. The van der Waals surface area contributed by atoms with E-state index >= 15 is 0 Å². The van der Waals surface area contributed by atoms with Gasteiger partial charge in [0.25, 0.3) is 5.91 Å². The summed E-state index contributed by atoms with van der Waals surface area (Å²) < 4.78 is 0. The molecule has 4 heteroatoms. The first kappa shape index (κ1) is 10.8. The van der Waals surface area contributed by atoms with Crippen LogP contribution in [0.2, 0.25) is 0 Å². The third kappa shape index (κ3) is 1.83. The van der Waals surface area contributed by atoms with Crippen LogP contribution in [0.1, 0.15) is 30.1 Å². The van der Waals surface area contributed by atoms with Gasteiger partial charge in [-0.05, 0) is 31.9 Å². The fourth-order valence-corrected chi connectivity index (χ4v) is 2.07. The molecule has 0 spiro atoms. The minimum absolute atomic E-state index is 0.415. The molecule has 0 radical (unpaired) electrons. The van der Waals surface area contributed by atoms with Crippen LogP contribution in [0.5, 0.6) is 0 Å². The summed E-state index contributed by atoms with van der Waals surface area (Å²) in [7, 11) is 0. The van der Waals surface area contributed by atoms with Crippen LogP contribution in [0.25, 0.3) is 0 Å². The van der Waals surface area contributed by atoms with Crippen LogP contribution < -0.4 is 16.4 Å². The van der Waals surface area contributed by atoms with Gasteiger partial charge in [0.1, 0.15) is 0 Å². The molecule has 16 heavy (non-hydrogen) atoms. The largest absolute Gasteiger partial charge is 0.397 e. The standard InChI is InChI=1S/C12H17N3O/c1-2-15(8-6-7-8)11-9(12(14)16)4-3-5-10(11)13/h3-5,8H,2,6-7,13H2,1H3,(H2,14,16). The van der Waals surface area contributed by atoms with E-state index < -0.39 is 5.91 Å². The van der Waals surface area contributed by atoms with Crippen molar-refractivity contribution < 1.29 is 4.79 Å². The highest BCUT2D eigenvalue weighted by atomic mass is 16.1. The second-order valence-electron chi connectivity index (χ2n) is 4.12. The lowest BCUT2D eigenvalue weighted by Crippen LogP contribution is -2.29. The van der Waals surface area contributed by atoms with Crippen molar-refractivity contribution >= 4 is 17.3 Å². The molecular formula is C12H17N3O. The van der Waals surface area contributed by atoms with Crippen molar-refractivity contribution in [2.45, 2.75) is 25.8 Å². The average molecular weight is 219 g/mol. The topological polar surface area (TPSA) is 72.3 Å². The maximum absolute atomic E-state index is 11.4. The van der Waals surface area contributed by atoms with Gasteiger partial charge < -0.3 is 16.4 Å². The summed E-state index contributed by atoms with van der Waals surface area (Å²) in [4.78, 5) is 13.6. The Balaban J connectivity index is 2.47. The van der Waals surface area contributed by atoms with Crippen LogP contribution in [0, 0.1) is 0 Å². The summed E-state index contributed by atoms with van der Waals surface area (Å²) >= 11 is 0. The molecule has 0 aromatic heterocycles. The van der Waals surface area contributed by atoms with E-state index in [1.165, 1.54) is 12.8 Å². The fraction of sp³-hybridized carbons (Fsp3) is 0.417. The Labute approximate surface area is 95.2 Å². The first-order chi connectivity index (χ1) is 7.65. The first-order valence-corrected chi connectivity index (χ1v) is 5.60. The molecule has 1 saturated carbocycles. The van der Waals surface area contributed by atoms with Gasteiger partial charge in [0.2, 0.25) is 0 Å². The average Bonchev–Trinajstić information content (AvgIpc) is 3.05. The molecule has 0 heterocycles. The number of nitrogen functional groups attached to an aromatic ring is 1. The van der Waals surface area contributed by atoms with Crippen LogP contribution in [0.3, 0.4) is 0 Å². The van der Waals surface area contributed by atoms with Gasteiger partial charge in [-0.25, -0.2) is 0 Å². The molecule has 4 N–H and O–H groups in total. The molecule has 1 aliphatic carbocycles. The molecule has 86 valence electrons. The highest BCUT2D eigenvalue weighted by Crippen LogP contribution is 2.36. The summed E-state index contributed by atoms with van der Waals surface area (Å²) in [5.41, 5.74) is 13.3. The summed E-state index contributed by atoms with van der Waals surface area (Å²) in [6.07, 6.45) is 2.33. The lowest BCUT2D eigenvalue weighted by Gasteiger charge is -2.26. The molecule has 0 atom stereocenters. The van der Waals surface area contributed by atoms with E-state index in [0.29, 0.717) is 17.3 Å². The monoisotopic (exact) mass is 219 g/mol. The summed E-state index contributed by atoms with van der Waals surface area (Å²) in [5.74, 6) is -0.415. The second kappa shape index (κ2) is 4.04. The van der Waals surface area contributed by atoms with Gasteiger partial charge in [0.05, 0.1) is 16.9 Å². The Morgan fingerprint density at radius 1 is 1.50 bits per heavy atom. The SMILES string of the molecule is CCN(c1c(N)cccc1C(N)=O)C1CC1. The number of nitrogens with zero attached hydrogens (tertiary/aromatic N) is 1. The number of anilines is 2. The van der Waals surface area contributed by atoms with Crippen molar-refractivity contribution in [3.63, 3.8) is 0 Å². The minimum atomic E-state index is -0.415. The molecule has 0 unspecified atom stereocenters. The smallest absolute Gasteiger partial charge is 0.250 e. The Bertz CT molecular complexity index is 413. The number of primary amides is 1. The molecule has 0 aliphatic heterocycles. The van der Waals surface area contributed by atoms with Gasteiger partial charge in [-0.15, -0.1) is 0 Å². The normalized spacial score (nSPS) is 14.8. The number of para-hydroxylation sites is 1. The van der Waals surface area contributed by atoms with E-state index in [-0.39, 0.29) is 0 Å². The van der Waals surface area contributed by atoms with E-state index in [0.717, 1.165) is 12.2 Å². The minimum Gasteiger partial charge on any atom is -0.397 e. The lowest BCUT2D eigenvalue weighted by molar-refractivity contribution is 0.100. The number of carbonyl (C=O) groups is 1. The molecule has 1 fully saturated rings. The Hall–Kier alpha value is -1.71. The quantitative estimate of drug-likeness (QED) is 0.751. The summed E-state index contributed by atoms with van der Waals surface area (Å²) in [5, 5.41) is 0. The number of carbonyl (C=O) groups excluding carboxylic acids is 1. The lowest BCUT2D eigenvalue weighted by atomic mass is 10.1. The van der Waals surface area contributed by atoms with Crippen LogP contribution in [0.15, 0.2) is 18.2 Å². The zero-order chi connectivity index (χ0) is 11.7. The molecule has 2 rings (SSSR count). The van der Waals surface area contributed by atoms with E-state index in [9.17, 15) is 4.79 Å². The predicted molar refractivity (Wildman–Crippen MR) is 65.4 cm³/mol. The number of benzene rings is 1. The van der Waals surface area contributed by atoms with Crippen molar-refractivity contribution in [3.8, 4) is 0 Å². The van der Waals surface area contributed by atoms with E-state index in [1.54, 1.807) is 12.1 Å². The van der Waals surface area contributed by atoms with Crippen LogP contribution in [0.4, 0.5) is 11.4 Å². The van der Waals surface area contributed by atoms with Crippen LogP contribution >= 0.6 is 0 Å². The number of hydrogen-bond donors (Lipinski definition) is 2. The van der Waals surface area contributed by atoms with Gasteiger partial charge in [0.15, 0.2) is 0 Å². The third-order valence-electron chi connectivity index (χ3n) is 2.95. The Kier molecular flexibility index (Phi) is 2.73. The number of rotatable bonds is 4. The second-order valence-corrected chi connectivity index (χ2v) is 4.12. The highest BCUT2D eigenvalue weighted by Gasteiger charge is 2.31. The molecule has 4 nitrogen and oxygen atoms in total. The fourth-order valence-electron chi connectivity index (χ4n) is 2.07. The van der Waals surface area contributed by atoms with Gasteiger partial charge in [-0.2, -0.15) is 0 Å². The van der Waals surface area contributed by atoms with Crippen molar-refractivity contribution in [1.82, 2.24) is 0 Å². The van der Waals surface area contributed by atoms with E-state index in [2.05, 4.69) is 11.8 Å². The molecule has 1 aromatic rings. The third-order valence-corrected chi connectivity index (χ3v) is 2.95. The Morgan fingerprint density at radius 3 is 2.69 bits per heavy atom. The molecule has 1 aromatic carbocycles. The van der Waals surface area contributed by atoms with E-state index in [4.69, 9.17) is 11.5 Å². The van der Waals surface area contributed by atoms with Crippen LogP contribution in [-0.2, 0) is 0 Å². The summed E-state index contributed by atoms with van der Waals surface area (Å²) in [6, 6.07) is 5.83. The van der Waals surface area contributed by atoms with Gasteiger partial charge in [-0.3, -0.25) is 4.79 Å². The maximum atomic E-state index is 11.4. The molecule has 0 bridgehead atoms. The highest BCUT2D eigenvalue weighted by molar-refractivity contribution is 6.01. The Morgan fingerprint density at radius 2 is 2.19 bits per heavy atom. The van der Waals surface area contributed by atoms with Gasteiger partial charge in [-0.1, -0.05) is 6.07 Å². The van der Waals surface area contributed by atoms with Crippen LogP contribution in [-0.4, -0.2) is 18.5 Å². The zero-order valence-corrected chi connectivity index (χ0v) is 9.44. The molecular weight excluding hydrogens is 202 g/mol. The number of amides is 1. The van der Waals surface area contributed by atoms with Crippen molar-refractivity contribution in [3.05, 3.63) is 23.8 Å². The summed E-state index contributed by atoms with van der Waals surface area (Å²) in [6.45, 7) is 2.91. The molecule has 0 saturated heterocycles. The van der Waals surface area contributed by atoms with Crippen molar-refractivity contribution in [1.29, 1.82) is 0 Å². The molecule has 1 amide bonds. The van der Waals surface area contributed by atoms with Crippen molar-refractivity contribution in [2.75, 3.05) is 17.2 Å². The maximum Gasteiger partial charge on any atom is 0.250 e. The number of nitrogens with two attached hydrogens (primary N) is 2. The van der Waals surface area contributed by atoms with Crippen molar-refractivity contribution in [2.24, 2.45) is 5.73 Å². The predicted octanol–water partition coefficient (Wildman–Crippen LogP) is 1.36. The van der Waals surface area contributed by atoms with E-state index in [1.807, 2.05) is 6.07 Å². The van der Waals surface area contributed by atoms with Gasteiger partial charge >= 0.3 is 0 Å².